The molecule has 0 bridgehead atoms. The van der Waals surface area contributed by atoms with E-state index in [9.17, 15) is 14.4 Å². The number of fused-ring (bicyclic) bond motifs is 2. The third-order valence-corrected chi connectivity index (χ3v) is 10.7. The number of nitrogens with zero attached hydrogens (tertiary/aromatic N) is 12. The molecule has 2 aromatic carbocycles. The van der Waals surface area contributed by atoms with E-state index >= 15 is 0 Å². The lowest BCUT2D eigenvalue weighted by Crippen LogP contribution is -2.41. The number of carbonyl (C=O) groups excluding carboxylic acids is 3. The highest BCUT2D eigenvalue weighted by Gasteiger charge is 2.26. The Bertz CT molecular complexity index is 2490. The number of amides is 3. The second kappa shape index (κ2) is 19.5. The third kappa shape index (κ3) is 11.5. The lowest BCUT2D eigenvalue weighted by Gasteiger charge is -2.28. The SMILES string of the molecule is CN(C(=O)OC(C)(C)C)c1nnc(Br)s1.CN(C(=O)OC(C)(C)C)c1nnc(Nc2ccc(N3CCOCC3)c3nonc23)s1.Nc1ccc(N2CCOCC2=O)c2nonc12. The number of rotatable bonds is 6. The first-order valence-electron chi connectivity index (χ1n) is 18.9. The average Bonchev–Trinajstić information content (AvgIpc) is 4.06. The van der Waals surface area contributed by atoms with E-state index in [0.29, 0.717) is 84.8 Å². The number of morpholine rings is 2. The van der Waals surface area contributed by atoms with Crippen LogP contribution >= 0.6 is 38.6 Å². The van der Waals surface area contributed by atoms with E-state index in [1.54, 1.807) is 31.1 Å². The summed E-state index contributed by atoms with van der Waals surface area (Å²) in [7, 11) is 3.19. The van der Waals surface area contributed by atoms with Gasteiger partial charge in [-0.05, 0) is 102 Å². The van der Waals surface area contributed by atoms with Crippen LogP contribution in [0.1, 0.15) is 41.5 Å². The highest BCUT2D eigenvalue weighted by molar-refractivity contribution is 9.11. The summed E-state index contributed by atoms with van der Waals surface area (Å²) < 4.78 is 31.3. The van der Waals surface area contributed by atoms with Crippen LogP contribution in [0.4, 0.5) is 47.7 Å². The summed E-state index contributed by atoms with van der Waals surface area (Å²) in [6, 6.07) is 7.29. The van der Waals surface area contributed by atoms with Crippen molar-refractivity contribution < 1.29 is 42.6 Å². The Morgan fingerprint density at radius 1 is 0.742 bits per heavy atom. The fourth-order valence-corrected chi connectivity index (χ4v) is 7.29. The molecule has 6 aromatic rings. The molecule has 2 aliphatic rings. The van der Waals surface area contributed by atoms with E-state index < -0.39 is 23.4 Å². The van der Waals surface area contributed by atoms with Crippen molar-refractivity contribution in [1.82, 2.24) is 41.0 Å². The van der Waals surface area contributed by atoms with Crippen LogP contribution in [0.3, 0.4) is 0 Å². The molecule has 2 fully saturated rings. The molecule has 3 amide bonds. The van der Waals surface area contributed by atoms with E-state index in [2.05, 4.69) is 71.8 Å². The Balaban J connectivity index is 0.000000170. The molecule has 23 nitrogen and oxygen atoms in total. The molecule has 0 spiro atoms. The minimum atomic E-state index is -0.592. The van der Waals surface area contributed by atoms with Gasteiger partial charge in [0, 0.05) is 33.7 Å². The largest absolute Gasteiger partial charge is 0.443 e. The Kier molecular flexibility index (Phi) is 14.4. The molecule has 3 N–H and O–H groups in total. The number of hydrogen-bond donors (Lipinski definition) is 2. The first kappa shape index (κ1) is 45.7. The van der Waals surface area contributed by atoms with Gasteiger partial charge in [-0.1, -0.05) is 22.7 Å². The van der Waals surface area contributed by atoms with Gasteiger partial charge in [0.15, 0.2) is 26.0 Å². The predicted molar refractivity (Wildman–Crippen MR) is 234 cm³/mol. The van der Waals surface area contributed by atoms with Crippen molar-refractivity contribution in [3.8, 4) is 0 Å². The van der Waals surface area contributed by atoms with Gasteiger partial charge in [-0.25, -0.2) is 18.8 Å². The van der Waals surface area contributed by atoms with Crippen molar-refractivity contribution in [2.24, 2.45) is 0 Å². The first-order valence-corrected chi connectivity index (χ1v) is 21.3. The molecular formula is C36H45BrN14O9S2. The van der Waals surface area contributed by atoms with Crippen LogP contribution in [0.2, 0.25) is 0 Å². The number of nitrogens with one attached hydrogen (secondary N) is 1. The second-order valence-corrected chi connectivity index (χ2v) is 18.5. The first-order chi connectivity index (χ1) is 29.4. The van der Waals surface area contributed by atoms with E-state index in [1.807, 2.05) is 53.7 Å². The van der Waals surface area contributed by atoms with Crippen LogP contribution in [0.5, 0.6) is 0 Å². The molecule has 62 heavy (non-hydrogen) atoms. The van der Waals surface area contributed by atoms with Gasteiger partial charge in [-0.15, -0.1) is 20.4 Å². The number of nitrogen functional groups attached to an aromatic ring is 1. The summed E-state index contributed by atoms with van der Waals surface area (Å²) >= 11 is 5.67. The van der Waals surface area contributed by atoms with Crippen molar-refractivity contribution in [2.45, 2.75) is 52.7 Å². The monoisotopic (exact) mass is 960 g/mol. The maximum absolute atomic E-state index is 12.2. The summed E-state index contributed by atoms with van der Waals surface area (Å²) in [5.74, 6) is -0.106. The van der Waals surface area contributed by atoms with Crippen molar-refractivity contribution >= 4 is 117 Å². The summed E-state index contributed by atoms with van der Waals surface area (Å²) in [6.45, 7) is 14.9. The smallest absolute Gasteiger partial charge is 0.416 e. The van der Waals surface area contributed by atoms with Crippen molar-refractivity contribution in [1.29, 1.82) is 0 Å². The maximum Gasteiger partial charge on any atom is 0.416 e. The molecule has 6 heterocycles. The zero-order valence-corrected chi connectivity index (χ0v) is 38.3. The van der Waals surface area contributed by atoms with Crippen LogP contribution in [0.15, 0.2) is 37.4 Å². The van der Waals surface area contributed by atoms with E-state index in [1.165, 1.54) is 32.5 Å². The van der Waals surface area contributed by atoms with Crippen LogP contribution in [-0.4, -0.2) is 130 Å². The van der Waals surface area contributed by atoms with Gasteiger partial charge >= 0.3 is 12.2 Å². The number of nitrogens with two attached hydrogens (primary N) is 1. The quantitative estimate of drug-likeness (QED) is 0.185. The van der Waals surface area contributed by atoms with Crippen molar-refractivity contribution in [3.05, 3.63) is 28.2 Å². The van der Waals surface area contributed by atoms with Gasteiger partial charge < -0.3 is 39.8 Å². The summed E-state index contributed by atoms with van der Waals surface area (Å²) in [4.78, 5) is 42.0. The summed E-state index contributed by atoms with van der Waals surface area (Å²) in [6.07, 6.45) is -0.936. The molecule has 26 heteroatoms. The molecule has 8 rings (SSSR count). The lowest BCUT2D eigenvalue weighted by atomic mass is 10.2. The third-order valence-electron chi connectivity index (χ3n) is 8.40. The van der Waals surface area contributed by atoms with E-state index in [-0.39, 0.29) is 12.5 Å². The minimum absolute atomic E-state index is 0.0805. The molecule has 2 aliphatic heterocycles. The summed E-state index contributed by atoms with van der Waals surface area (Å²) in [5, 5.41) is 36.0. The van der Waals surface area contributed by atoms with Crippen molar-refractivity contribution in [2.75, 3.05) is 90.8 Å². The fourth-order valence-electron chi connectivity index (χ4n) is 5.54. The summed E-state index contributed by atoms with van der Waals surface area (Å²) in [5.41, 5.74) is 9.64. The Hall–Kier alpha value is -5.83. The standard InChI is InChI=1S/C18H23N7O4S.C10H10N4O3.C8H12BrN3O2S/c1-18(2,3)28-17(26)24(4)16-21-20-15(30-16)19-11-5-6-12(14-13(11)22-29-23-14)25-7-9-27-10-8-25;11-6-1-2-7(10-9(6)12-17-13-10)14-3-4-16-5-8(14)15;1-8(2,3)14-7(13)12(4)6-11-10-5(9)15-6/h5-6H,7-10H2,1-4H3,(H,19,20);1-2H,3-5,11H2;1-4H3. The zero-order chi connectivity index (χ0) is 44.8. The van der Waals surface area contributed by atoms with Gasteiger partial charge in [-0.3, -0.25) is 14.6 Å². The van der Waals surface area contributed by atoms with Crippen LogP contribution in [-0.2, 0) is 23.7 Å². The molecule has 0 saturated carbocycles. The lowest BCUT2D eigenvalue weighted by molar-refractivity contribution is -0.125. The normalized spacial score (nSPS) is 14.4. The number of anilines is 7. The highest BCUT2D eigenvalue weighted by Crippen LogP contribution is 2.34. The van der Waals surface area contributed by atoms with Gasteiger partial charge in [0.25, 0.3) is 5.91 Å². The van der Waals surface area contributed by atoms with Gasteiger partial charge in [-0.2, -0.15) is 0 Å². The van der Waals surface area contributed by atoms with Crippen LogP contribution in [0.25, 0.3) is 22.1 Å². The molecule has 4 aromatic heterocycles. The zero-order valence-electron chi connectivity index (χ0n) is 35.1. The van der Waals surface area contributed by atoms with Gasteiger partial charge in [0.1, 0.15) is 17.8 Å². The number of benzene rings is 2. The number of halogens is 1. The Labute approximate surface area is 370 Å². The molecule has 332 valence electrons. The Morgan fingerprint density at radius 3 is 1.89 bits per heavy atom. The molecule has 0 atom stereocenters. The van der Waals surface area contributed by atoms with Crippen molar-refractivity contribution in [3.63, 3.8) is 0 Å². The number of aromatic nitrogens is 8. The maximum atomic E-state index is 12.2. The molecular weight excluding hydrogens is 917 g/mol. The topological polar surface area (TPSA) is 269 Å². The van der Waals surface area contributed by atoms with Crippen LogP contribution < -0.4 is 30.7 Å². The van der Waals surface area contributed by atoms with E-state index in [0.717, 1.165) is 18.8 Å². The number of hydrogen-bond acceptors (Lipinski definition) is 22. The second-order valence-electron chi connectivity index (χ2n) is 15.4. The molecule has 0 radical (unpaired) electrons. The fraction of sp³-hybridized carbons (Fsp3) is 0.472. The minimum Gasteiger partial charge on any atom is -0.443 e. The number of ether oxygens (including phenoxy) is 4. The van der Waals surface area contributed by atoms with Gasteiger partial charge in [0.05, 0.1) is 42.6 Å². The molecule has 0 aliphatic carbocycles. The van der Waals surface area contributed by atoms with E-state index in [4.69, 9.17) is 29.3 Å². The van der Waals surface area contributed by atoms with Gasteiger partial charge in [0.2, 0.25) is 15.4 Å². The number of carbonyl (C=O) groups is 3. The van der Waals surface area contributed by atoms with Crippen LogP contribution in [0, 0.1) is 0 Å². The Morgan fingerprint density at radius 2 is 1.29 bits per heavy atom. The predicted octanol–water partition coefficient (Wildman–Crippen LogP) is 5.87. The molecule has 2 saturated heterocycles. The molecule has 0 unspecified atom stereocenters. The highest BCUT2D eigenvalue weighted by atomic mass is 79.9. The average molecular weight is 962 g/mol.